The van der Waals surface area contributed by atoms with Crippen molar-refractivity contribution in [2.45, 2.75) is 4.90 Å². The summed E-state index contributed by atoms with van der Waals surface area (Å²) in [6, 6.07) is 19.4. The van der Waals surface area contributed by atoms with Crippen LogP contribution in [-0.4, -0.2) is 40.8 Å². The third-order valence-corrected chi connectivity index (χ3v) is 6.67. The van der Waals surface area contributed by atoms with E-state index in [1.54, 1.807) is 54.6 Å². The Morgan fingerprint density at radius 1 is 1.11 bits per heavy atom. The van der Waals surface area contributed by atoms with Crippen molar-refractivity contribution in [3.63, 3.8) is 0 Å². The second-order valence-electron chi connectivity index (χ2n) is 7.11. The van der Waals surface area contributed by atoms with Crippen LogP contribution in [0.2, 0.25) is 5.02 Å². The highest BCUT2D eigenvalue weighted by atomic mass is 35.5. The summed E-state index contributed by atoms with van der Waals surface area (Å²) in [7, 11) is -2.73. The molecule has 35 heavy (non-hydrogen) atoms. The molecule has 0 aromatic heterocycles. The topological polar surface area (TPSA) is 97.3 Å². The van der Waals surface area contributed by atoms with E-state index in [-0.39, 0.29) is 21.4 Å². The average Bonchev–Trinajstić information content (AvgIpc) is 2.86. The van der Waals surface area contributed by atoms with E-state index >= 15 is 0 Å². The monoisotopic (exact) mass is 513 g/mol. The van der Waals surface area contributed by atoms with E-state index in [0.29, 0.717) is 17.9 Å². The fourth-order valence-corrected chi connectivity index (χ4v) is 4.67. The number of nitrogens with zero attached hydrogens (tertiary/aromatic N) is 2. The predicted molar refractivity (Wildman–Crippen MR) is 137 cm³/mol. The maximum Gasteiger partial charge on any atom is 0.264 e. The van der Waals surface area contributed by atoms with Crippen LogP contribution in [0.4, 0.5) is 5.69 Å². The summed E-state index contributed by atoms with van der Waals surface area (Å²) in [5.41, 5.74) is 3.16. The maximum atomic E-state index is 13.5. The molecule has 0 atom stereocenters. The summed E-state index contributed by atoms with van der Waals surface area (Å²) in [5, 5.41) is 4.23. The van der Waals surface area contributed by atoms with E-state index in [1.165, 1.54) is 37.6 Å². The average molecular weight is 514 g/mol. The van der Waals surface area contributed by atoms with Crippen LogP contribution in [0.15, 0.2) is 95.4 Å². The van der Waals surface area contributed by atoms with Gasteiger partial charge in [0, 0.05) is 5.02 Å². The third-order valence-electron chi connectivity index (χ3n) is 4.66. The van der Waals surface area contributed by atoms with Crippen molar-refractivity contribution in [2.75, 3.05) is 24.6 Å². The van der Waals surface area contributed by atoms with Crippen molar-refractivity contribution in [3.8, 4) is 11.5 Å². The molecule has 3 rings (SSSR count). The maximum absolute atomic E-state index is 13.5. The van der Waals surface area contributed by atoms with Gasteiger partial charge in [-0.15, -0.1) is 0 Å². The molecule has 8 nitrogen and oxygen atoms in total. The SMILES string of the molecule is C=CCOc1cccc(/C=N\NC(=O)CN(c2cc(Cl)ccc2OC)S(=O)(=O)c2ccccc2)c1. The summed E-state index contributed by atoms with van der Waals surface area (Å²) in [6.45, 7) is 3.40. The molecule has 10 heteroatoms. The van der Waals surface area contributed by atoms with E-state index in [1.807, 2.05) is 0 Å². The Kier molecular flexibility index (Phi) is 8.88. The molecule has 1 amide bonds. The number of ether oxygens (including phenoxy) is 2. The van der Waals surface area contributed by atoms with E-state index in [0.717, 1.165) is 4.31 Å². The van der Waals surface area contributed by atoms with Crippen molar-refractivity contribution in [2.24, 2.45) is 5.10 Å². The molecule has 0 aliphatic carbocycles. The van der Waals surface area contributed by atoms with Gasteiger partial charge in [-0.25, -0.2) is 13.8 Å². The van der Waals surface area contributed by atoms with Gasteiger partial charge in [0.15, 0.2) is 0 Å². The van der Waals surface area contributed by atoms with Gasteiger partial charge in [-0.05, 0) is 48.0 Å². The van der Waals surface area contributed by atoms with Crippen LogP contribution >= 0.6 is 11.6 Å². The first-order valence-electron chi connectivity index (χ1n) is 10.4. The molecule has 0 unspecified atom stereocenters. The Labute approximate surface area is 209 Å². The number of sulfonamides is 1. The van der Waals surface area contributed by atoms with Crippen molar-refractivity contribution < 1.29 is 22.7 Å². The molecule has 0 spiro atoms. The lowest BCUT2D eigenvalue weighted by atomic mass is 10.2. The molecule has 0 radical (unpaired) electrons. The van der Waals surface area contributed by atoms with E-state index in [9.17, 15) is 13.2 Å². The van der Waals surface area contributed by atoms with E-state index < -0.39 is 22.5 Å². The first-order valence-corrected chi connectivity index (χ1v) is 12.2. The van der Waals surface area contributed by atoms with E-state index in [2.05, 4.69) is 17.1 Å². The highest BCUT2D eigenvalue weighted by Crippen LogP contribution is 2.34. The first kappa shape index (κ1) is 25.8. The lowest BCUT2D eigenvalue weighted by molar-refractivity contribution is -0.119. The minimum Gasteiger partial charge on any atom is -0.495 e. The van der Waals surface area contributed by atoms with Crippen LogP contribution in [0.25, 0.3) is 0 Å². The largest absolute Gasteiger partial charge is 0.495 e. The summed E-state index contributed by atoms with van der Waals surface area (Å²) < 4.78 is 38.6. The molecule has 3 aromatic carbocycles. The zero-order chi connectivity index (χ0) is 25.3. The Balaban J connectivity index is 1.84. The van der Waals surface area contributed by atoms with Crippen molar-refractivity contribution in [1.29, 1.82) is 0 Å². The Morgan fingerprint density at radius 3 is 2.60 bits per heavy atom. The normalized spacial score (nSPS) is 11.1. The summed E-state index contributed by atoms with van der Waals surface area (Å²) in [5.74, 6) is 0.191. The minimum absolute atomic E-state index is 0.00895. The van der Waals surface area contributed by atoms with Gasteiger partial charge in [-0.2, -0.15) is 5.10 Å². The lowest BCUT2D eigenvalue weighted by Crippen LogP contribution is -2.39. The highest BCUT2D eigenvalue weighted by molar-refractivity contribution is 7.92. The number of hydrazone groups is 1. The molecule has 0 fully saturated rings. The number of methoxy groups -OCH3 is 1. The number of benzene rings is 3. The number of carbonyl (C=O) groups is 1. The van der Waals surface area contributed by atoms with Crippen LogP contribution < -0.4 is 19.2 Å². The van der Waals surface area contributed by atoms with Crippen molar-refractivity contribution in [3.05, 3.63) is 96.0 Å². The van der Waals surface area contributed by atoms with Crippen molar-refractivity contribution >= 4 is 39.4 Å². The number of anilines is 1. The number of carbonyl (C=O) groups excluding carboxylic acids is 1. The number of nitrogens with one attached hydrogen (secondary N) is 1. The number of halogens is 1. The van der Waals surface area contributed by atoms with Gasteiger partial charge in [0.1, 0.15) is 24.7 Å². The molecule has 0 aliphatic heterocycles. The van der Waals surface area contributed by atoms with Crippen LogP contribution in [0.3, 0.4) is 0 Å². The third kappa shape index (κ3) is 6.84. The molecule has 0 heterocycles. The summed E-state index contributed by atoms with van der Waals surface area (Å²) in [6.07, 6.45) is 3.06. The predicted octanol–water partition coefficient (Wildman–Crippen LogP) is 4.26. The smallest absolute Gasteiger partial charge is 0.264 e. The summed E-state index contributed by atoms with van der Waals surface area (Å²) in [4.78, 5) is 12.8. The first-order chi connectivity index (χ1) is 16.8. The Morgan fingerprint density at radius 2 is 1.89 bits per heavy atom. The van der Waals surface area contributed by atoms with E-state index in [4.69, 9.17) is 21.1 Å². The zero-order valence-corrected chi connectivity index (χ0v) is 20.5. The van der Waals surface area contributed by atoms with Gasteiger partial charge in [0.25, 0.3) is 15.9 Å². The summed E-state index contributed by atoms with van der Waals surface area (Å²) >= 11 is 6.13. The molecule has 0 saturated carbocycles. The molecule has 0 aliphatic rings. The molecule has 0 saturated heterocycles. The van der Waals surface area contributed by atoms with Gasteiger partial charge in [-0.3, -0.25) is 9.10 Å². The molecule has 182 valence electrons. The Hall–Kier alpha value is -3.82. The van der Waals surface area contributed by atoms with Gasteiger partial charge in [-0.1, -0.05) is 54.6 Å². The van der Waals surface area contributed by atoms with Crippen LogP contribution in [0.1, 0.15) is 5.56 Å². The number of amides is 1. The second-order valence-corrected chi connectivity index (χ2v) is 9.40. The van der Waals surface area contributed by atoms with Gasteiger partial charge in [0.2, 0.25) is 0 Å². The van der Waals surface area contributed by atoms with Gasteiger partial charge >= 0.3 is 0 Å². The molecular weight excluding hydrogens is 490 g/mol. The van der Waals surface area contributed by atoms with Crippen molar-refractivity contribution in [1.82, 2.24) is 5.43 Å². The van der Waals surface area contributed by atoms with Crippen LogP contribution in [-0.2, 0) is 14.8 Å². The quantitative estimate of drug-likeness (QED) is 0.235. The number of hydrogen-bond acceptors (Lipinski definition) is 6. The fraction of sp³-hybridized carbons (Fsp3) is 0.120. The lowest BCUT2D eigenvalue weighted by Gasteiger charge is -2.25. The number of rotatable bonds is 11. The Bertz CT molecular complexity index is 1310. The molecule has 3 aromatic rings. The van der Waals surface area contributed by atoms with Crippen LogP contribution in [0.5, 0.6) is 11.5 Å². The highest BCUT2D eigenvalue weighted by Gasteiger charge is 2.29. The molecule has 1 N–H and O–H groups in total. The minimum atomic E-state index is -4.13. The van der Waals surface area contributed by atoms with Gasteiger partial charge in [0.05, 0.1) is 23.9 Å². The van der Waals surface area contributed by atoms with Crippen LogP contribution in [0, 0.1) is 0 Å². The fourth-order valence-electron chi connectivity index (χ4n) is 3.06. The second kappa shape index (κ2) is 12.0. The zero-order valence-electron chi connectivity index (χ0n) is 18.9. The van der Waals surface area contributed by atoms with Gasteiger partial charge < -0.3 is 9.47 Å². The molecule has 0 bridgehead atoms. The molecular formula is C25H24ClN3O5S. The standard InChI is InChI=1S/C25H24ClN3O5S/c1-3-14-34-21-9-7-8-19(15-21)17-27-28-25(30)18-29(23-16-20(26)12-13-24(23)33-2)35(31,32)22-10-5-4-6-11-22/h3-13,15-17H,1,14,18H2,2H3,(H,28,30)/b27-17-. The number of hydrogen-bond donors (Lipinski definition) is 1.